The number of nitrogens with two attached hydrogens (primary N) is 1. The summed E-state index contributed by atoms with van der Waals surface area (Å²) in [5, 5.41) is 11.7. The monoisotopic (exact) mass is 325 g/mol. The third-order valence-corrected chi connectivity index (χ3v) is 4.96. The predicted octanol–water partition coefficient (Wildman–Crippen LogP) is 2.12. The molecule has 0 aliphatic heterocycles. The van der Waals surface area contributed by atoms with Crippen LogP contribution < -0.4 is 11.2 Å². The SMILES string of the molecule is CC(C)NC(=O)CSc1nnc(CCC2CCCCC2)n1N. The standard InChI is InChI=1S/C15H27N5OS/c1-11(2)17-14(21)10-22-15-19-18-13(20(15)16)9-8-12-6-4-3-5-7-12/h11-12H,3-10,16H2,1-2H3,(H,17,21). The summed E-state index contributed by atoms with van der Waals surface area (Å²) >= 11 is 1.33. The molecule has 6 nitrogen and oxygen atoms in total. The van der Waals surface area contributed by atoms with Crippen molar-refractivity contribution in [3.8, 4) is 0 Å². The van der Waals surface area contributed by atoms with Gasteiger partial charge in [0.15, 0.2) is 5.82 Å². The maximum atomic E-state index is 11.6. The van der Waals surface area contributed by atoms with Crippen molar-refractivity contribution < 1.29 is 4.79 Å². The third kappa shape index (κ3) is 5.19. The lowest BCUT2D eigenvalue weighted by molar-refractivity contribution is -0.119. The van der Waals surface area contributed by atoms with Crippen LogP contribution in [0.15, 0.2) is 5.16 Å². The molecule has 0 radical (unpaired) electrons. The van der Waals surface area contributed by atoms with Gasteiger partial charge >= 0.3 is 0 Å². The number of hydrogen-bond donors (Lipinski definition) is 2. The van der Waals surface area contributed by atoms with Gasteiger partial charge in [-0.25, -0.2) is 4.68 Å². The number of hydrogen-bond acceptors (Lipinski definition) is 5. The summed E-state index contributed by atoms with van der Waals surface area (Å²) in [4.78, 5) is 11.6. The molecule has 1 aliphatic carbocycles. The summed E-state index contributed by atoms with van der Waals surface area (Å²) in [5.41, 5.74) is 0. The Bertz CT molecular complexity index is 482. The van der Waals surface area contributed by atoms with Gasteiger partial charge in [-0.05, 0) is 26.2 Å². The average molecular weight is 325 g/mol. The van der Waals surface area contributed by atoms with Gasteiger partial charge in [-0.1, -0.05) is 43.9 Å². The van der Waals surface area contributed by atoms with Crippen LogP contribution in [0.4, 0.5) is 0 Å². The number of nitrogens with zero attached hydrogens (tertiary/aromatic N) is 3. The second kappa shape index (κ2) is 8.41. The molecule has 0 saturated heterocycles. The van der Waals surface area contributed by atoms with Crippen LogP contribution in [0.3, 0.4) is 0 Å². The molecule has 1 amide bonds. The Morgan fingerprint density at radius 3 is 2.77 bits per heavy atom. The van der Waals surface area contributed by atoms with Crippen molar-refractivity contribution in [1.82, 2.24) is 20.2 Å². The van der Waals surface area contributed by atoms with E-state index in [1.165, 1.54) is 48.5 Å². The Morgan fingerprint density at radius 1 is 1.36 bits per heavy atom. The molecule has 0 spiro atoms. The predicted molar refractivity (Wildman–Crippen MR) is 89.1 cm³/mol. The van der Waals surface area contributed by atoms with Gasteiger partial charge in [-0.2, -0.15) is 0 Å². The summed E-state index contributed by atoms with van der Waals surface area (Å²) in [6.07, 6.45) is 8.74. The molecular weight excluding hydrogens is 298 g/mol. The normalized spacial score (nSPS) is 16.1. The lowest BCUT2D eigenvalue weighted by atomic mass is 9.86. The van der Waals surface area contributed by atoms with Gasteiger partial charge in [-0.3, -0.25) is 4.79 Å². The average Bonchev–Trinajstić information content (AvgIpc) is 2.84. The van der Waals surface area contributed by atoms with Gasteiger partial charge in [0.05, 0.1) is 5.75 Å². The highest BCUT2D eigenvalue weighted by Gasteiger charge is 2.17. The fourth-order valence-electron chi connectivity index (χ4n) is 2.88. The van der Waals surface area contributed by atoms with Crippen LogP contribution in [0, 0.1) is 5.92 Å². The van der Waals surface area contributed by atoms with Crippen LogP contribution in [-0.2, 0) is 11.2 Å². The summed E-state index contributed by atoms with van der Waals surface area (Å²) in [7, 11) is 0. The van der Waals surface area contributed by atoms with E-state index in [0.717, 1.165) is 24.6 Å². The first-order valence-electron chi connectivity index (χ1n) is 8.17. The summed E-state index contributed by atoms with van der Waals surface area (Å²) in [6.45, 7) is 3.88. The van der Waals surface area contributed by atoms with E-state index in [0.29, 0.717) is 10.9 Å². The second-order valence-corrected chi connectivity index (χ2v) is 7.26. The summed E-state index contributed by atoms with van der Waals surface area (Å²) in [6, 6.07) is 0.148. The molecule has 1 aromatic heterocycles. The number of carbonyl (C=O) groups excluding carboxylic acids is 1. The first-order valence-corrected chi connectivity index (χ1v) is 9.16. The number of aryl methyl sites for hydroxylation is 1. The number of amides is 1. The van der Waals surface area contributed by atoms with Crippen molar-refractivity contribution in [2.75, 3.05) is 11.6 Å². The van der Waals surface area contributed by atoms with Crippen LogP contribution in [0.2, 0.25) is 0 Å². The summed E-state index contributed by atoms with van der Waals surface area (Å²) in [5.74, 6) is 7.97. The van der Waals surface area contributed by atoms with Crippen LogP contribution >= 0.6 is 11.8 Å². The number of carbonyl (C=O) groups is 1. The van der Waals surface area contributed by atoms with Crippen molar-refractivity contribution in [3.05, 3.63) is 5.82 Å². The molecule has 1 saturated carbocycles. The van der Waals surface area contributed by atoms with Gasteiger partial charge in [0.2, 0.25) is 11.1 Å². The Morgan fingerprint density at radius 2 is 2.09 bits per heavy atom. The topological polar surface area (TPSA) is 85.8 Å². The Labute approximate surface area is 136 Å². The highest BCUT2D eigenvalue weighted by Crippen LogP contribution is 2.27. The third-order valence-electron chi connectivity index (χ3n) is 4.02. The molecular formula is C15H27N5OS. The Kier molecular flexibility index (Phi) is 6.54. The molecule has 0 atom stereocenters. The van der Waals surface area contributed by atoms with Crippen molar-refractivity contribution >= 4 is 17.7 Å². The molecule has 1 aliphatic rings. The van der Waals surface area contributed by atoms with Crippen LogP contribution in [0.1, 0.15) is 58.2 Å². The van der Waals surface area contributed by atoms with E-state index >= 15 is 0 Å². The zero-order valence-electron chi connectivity index (χ0n) is 13.5. The van der Waals surface area contributed by atoms with E-state index < -0.39 is 0 Å². The number of aromatic nitrogens is 3. The largest absolute Gasteiger partial charge is 0.353 e. The Balaban J connectivity index is 1.79. The van der Waals surface area contributed by atoms with Crippen molar-refractivity contribution in [2.45, 2.75) is 70.0 Å². The number of rotatable bonds is 7. The summed E-state index contributed by atoms with van der Waals surface area (Å²) < 4.78 is 1.54. The first-order chi connectivity index (χ1) is 10.6. The lowest BCUT2D eigenvalue weighted by Crippen LogP contribution is -2.31. The fraction of sp³-hybridized carbons (Fsp3) is 0.800. The molecule has 2 rings (SSSR count). The van der Waals surface area contributed by atoms with Crippen molar-refractivity contribution in [3.63, 3.8) is 0 Å². The molecule has 3 N–H and O–H groups in total. The van der Waals surface area contributed by atoms with Crippen LogP contribution in [0.5, 0.6) is 0 Å². The molecule has 1 aromatic rings. The van der Waals surface area contributed by atoms with Gasteiger partial charge in [0.25, 0.3) is 0 Å². The minimum absolute atomic E-state index is 0.00763. The van der Waals surface area contributed by atoms with Gasteiger partial charge < -0.3 is 11.2 Å². The fourth-order valence-corrected chi connectivity index (χ4v) is 3.57. The van der Waals surface area contributed by atoms with E-state index in [1.807, 2.05) is 13.8 Å². The minimum Gasteiger partial charge on any atom is -0.353 e. The van der Waals surface area contributed by atoms with Crippen molar-refractivity contribution in [2.24, 2.45) is 5.92 Å². The lowest BCUT2D eigenvalue weighted by Gasteiger charge is -2.20. The molecule has 1 heterocycles. The Hall–Kier alpha value is -1.24. The molecule has 1 fully saturated rings. The highest BCUT2D eigenvalue weighted by atomic mass is 32.2. The van der Waals surface area contributed by atoms with E-state index in [9.17, 15) is 4.79 Å². The van der Waals surface area contributed by atoms with Gasteiger partial charge in [0, 0.05) is 12.5 Å². The number of thioether (sulfide) groups is 1. The number of nitrogens with one attached hydrogen (secondary N) is 1. The zero-order chi connectivity index (χ0) is 15.9. The smallest absolute Gasteiger partial charge is 0.230 e. The highest BCUT2D eigenvalue weighted by molar-refractivity contribution is 7.99. The van der Waals surface area contributed by atoms with E-state index in [1.54, 1.807) is 0 Å². The maximum Gasteiger partial charge on any atom is 0.230 e. The van der Waals surface area contributed by atoms with Crippen LogP contribution in [-0.4, -0.2) is 32.6 Å². The van der Waals surface area contributed by atoms with E-state index in [-0.39, 0.29) is 11.9 Å². The second-order valence-electron chi connectivity index (χ2n) is 6.32. The quantitative estimate of drug-likeness (QED) is 0.592. The zero-order valence-corrected chi connectivity index (χ0v) is 14.4. The first kappa shape index (κ1) is 17.1. The molecule has 0 aromatic carbocycles. The number of nitrogen functional groups attached to an aromatic ring is 1. The molecule has 0 bridgehead atoms. The van der Waals surface area contributed by atoms with E-state index in [2.05, 4.69) is 15.5 Å². The molecule has 0 unspecified atom stereocenters. The molecule has 22 heavy (non-hydrogen) atoms. The maximum absolute atomic E-state index is 11.6. The molecule has 7 heteroatoms. The van der Waals surface area contributed by atoms with E-state index in [4.69, 9.17) is 5.84 Å². The van der Waals surface area contributed by atoms with Gasteiger partial charge in [0.1, 0.15) is 0 Å². The minimum atomic E-state index is -0.00763. The van der Waals surface area contributed by atoms with Gasteiger partial charge in [-0.15, -0.1) is 10.2 Å². The van der Waals surface area contributed by atoms with Crippen molar-refractivity contribution in [1.29, 1.82) is 0 Å². The van der Waals surface area contributed by atoms with Crippen LogP contribution in [0.25, 0.3) is 0 Å². The molecule has 124 valence electrons.